The highest BCUT2D eigenvalue weighted by molar-refractivity contribution is 9.10. The van der Waals surface area contributed by atoms with E-state index >= 15 is 0 Å². The van der Waals surface area contributed by atoms with Crippen LogP contribution in [0.5, 0.6) is 0 Å². The molecule has 3 atom stereocenters. The fourth-order valence-electron chi connectivity index (χ4n) is 3.50. The summed E-state index contributed by atoms with van der Waals surface area (Å²) in [4.78, 5) is 37.8. The second-order valence-electron chi connectivity index (χ2n) is 7.52. The van der Waals surface area contributed by atoms with Crippen molar-refractivity contribution in [1.82, 2.24) is 0 Å². The van der Waals surface area contributed by atoms with E-state index in [0.717, 1.165) is 15.1 Å². The number of carboxylic acid groups (broad SMARTS) is 1. The number of allylic oxidation sites excluding steroid dienone is 2. The Kier molecular flexibility index (Phi) is 8.53. The van der Waals surface area contributed by atoms with Crippen molar-refractivity contribution in [2.24, 2.45) is 11.8 Å². The zero-order chi connectivity index (χ0) is 23.1. The first-order valence-corrected chi connectivity index (χ1v) is 12.1. The van der Waals surface area contributed by atoms with E-state index in [1.165, 1.54) is 11.8 Å². The predicted molar refractivity (Wildman–Crippen MR) is 131 cm³/mol. The number of aliphatic carboxylic acids is 1. The average molecular weight is 517 g/mol. The number of carbonyl (C=O) groups excluding carboxylic acids is 2. The highest BCUT2D eigenvalue weighted by Gasteiger charge is 2.34. The van der Waals surface area contributed by atoms with Crippen LogP contribution >= 0.6 is 27.7 Å². The third-order valence-electron chi connectivity index (χ3n) is 5.24. The second kappa shape index (κ2) is 11.3. The lowest BCUT2D eigenvalue weighted by molar-refractivity contribution is -0.146. The van der Waals surface area contributed by atoms with Gasteiger partial charge in [-0.15, -0.1) is 11.8 Å². The monoisotopic (exact) mass is 516 g/mol. The molecule has 6 nitrogen and oxygen atoms in total. The lowest BCUT2D eigenvalue weighted by atomic mass is 9.82. The quantitative estimate of drug-likeness (QED) is 0.315. The fourth-order valence-corrected chi connectivity index (χ4v) is 4.78. The van der Waals surface area contributed by atoms with Crippen LogP contribution in [0.3, 0.4) is 0 Å². The van der Waals surface area contributed by atoms with Gasteiger partial charge < -0.3 is 15.7 Å². The van der Waals surface area contributed by atoms with Gasteiger partial charge in [-0.05, 0) is 61.7 Å². The van der Waals surface area contributed by atoms with E-state index in [0.29, 0.717) is 24.9 Å². The summed E-state index contributed by atoms with van der Waals surface area (Å²) in [7, 11) is 0. The molecular formula is C24H25BrN2O4S. The highest BCUT2D eigenvalue weighted by atomic mass is 79.9. The fraction of sp³-hybridized carbons (Fsp3) is 0.292. The van der Waals surface area contributed by atoms with Crippen molar-refractivity contribution in [2.75, 3.05) is 10.6 Å². The van der Waals surface area contributed by atoms with E-state index in [4.69, 9.17) is 0 Å². The van der Waals surface area contributed by atoms with E-state index in [1.807, 2.05) is 61.5 Å². The summed E-state index contributed by atoms with van der Waals surface area (Å²) in [5.41, 5.74) is 1.31. The van der Waals surface area contributed by atoms with Crippen LogP contribution in [0.4, 0.5) is 11.4 Å². The Balaban J connectivity index is 1.64. The standard InChI is InChI=1S/C24H25BrN2O4S/c1-2-21(23(29)26-16-12-10-15(25)11-13-16)32-18-7-5-6-17(14-18)27-22(28)19-8-3-4-9-20(19)24(30)31/h3-7,10-14,19-21H,2,8-9H2,1H3,(H,26,29)(H,27,28)(H,30,31). The summed E-state index contributed by atoms with van der Waals surface area (Å²) in [6, 6.07) is 14.7. The maximum Gasteiger partial charge on any atom is 0.307 e. The molecule has 3 unspecified atom stereocenters. The van der Waals surface area contributed by atoms with Crippen molar-refractivity contribution in [3.63, 3.8) is 0 Å². The minimum absolute atomic E-state index is 0.0902. The molecule has 0 bridgehead atoms. The Morgan fingerprint density at radius 2 is 1.72 bits per heavy atom. The van der Waals surface area contributed by atoms with Crippen molar-refractivity contribution in [1.29, 1.82) is 0 Å². The molecule has 0 heterocycles. The highest BCUT2D eigenvalue weighted by Crippen LogP contribution is 2.30. The number of amides is 2. The van der Waals surface area contributed by atoms with Crippen molar-refractivity contribution in [3.8, 4) is 0 Å². The molecule has 0 spiro atoms. The van der Waals surface area contributed by atoms with Crippen LogP contribution in [0.25, 0.3) is 0 Å². The molecule has 0 saturated carbocycles. The third kappa shape index (κ3) is 6.46. The number of hydrogen-bond acceptors (Lipinski definition) is 4. The summed E-state index contributed by atoms with van der Waals surface area (Å²) >= 11 is 4.80. The Morgan fingerprint density at radius 3 is 2.38 bits per heavy atom. The SMILES string of the molecule is CCC(Sc1cccc(NC(=O)C2CC=CCC2C(=O)O)c1)C(=O)Nc1ccc(Br)cc1. The third-order valence-corrected chi connectivity index (χ3v) is 7.13. The van der Waals surface area contributed by atoms with Gasteiger partial charge in [-0.3, -0.25) is 14.4 Å². The van der Waals surface area contributed by atoms with Crippen molar-refractivity contribution in [2.45, 2.75) is 36.3 Å². The van der Waals surface area contributed by atoms with E-state index < -0.39 is 17.8 Å². The predicted octanol–water partition coefficient (Wildman–Crippen LogP) is 5.56. The maximum absolute atomic E-state index is 12.7. The number of halogens is 1. The number of hydrogen-bond donors (Lipinski definition) is 3. The summed E-state index contributed by atoms with van der Waals surface area (Å²) in [5.74, 6) is -2.67. The van der Waals surface area contributed by atoms with Crippen molar-refractivity contribution >= 4 is 56.9 Å². The minimum atomic E-state index is -0.957. The molecule has 2 aromatic carbocycles. The van der Waals surface area contributed by atoms with Crippen molar-refractivity contribution in [3.05, 3.63) is 65.2 Å². The van der Waals surface area contributed by atoms with Crippen LogP contribution in [0.1, 0.15) is 26.2 Å². The zero-order valence-electron chi connectivity index (χ0n) is 17.6. The number of anilines is 2. The van der Waals surface area contributed by atoms with Gasteiger partial charge in [-0.1, -0.05) is 41.1 Å². The summed E-state index contributed by atoms with van der Waals surface area (Å²) in [6.45, 7) is 1.95. The molecule has 2 amide bonds. The molecule has 1 aliphatic carbocycles. The lowest BCUT2D eigenvalue weighted by Crippen LogP contribution is -2.34. The smallest absolute Gasteiger partial charge is 0.307 e. The summed E-state index contributed by atoms with van der Waals surface area (Å²) in [6.07, 6.45) is 5.06. The summed E-state index contributed by atoms with van der Waals surface area (Å²) in [5, 5.41) is 14.9. The molecule has 0 fully saturated rings. The molecular weight excluding hydrogens is 492 g/mol. The zero-order valence-corrected chi connectivity index (χ0v) is 20.0. The molecule has 3 N–H and O–H groups in total. The van der Waals surface area contributed by atoms with Gasteiger partial charge in [-0.2, -0.15) is 0 Å². The van der Waals surface area contributed by atoms with Crippen LogP contribution in [0.15, 0.2) is 70.1 Å². The van der Waals surface area contributed by atoms with Crippen LogP contribution < -0.4 is 10.6 Å². The van der Waals surface area contributed by atoms with E-state index in [1.54, 1.807) is 6.07 Å². The molecule has 8 heteroatoms. The van der Waals surface area contributed by atoms with E-state index in [9.17, 15) is 19.5 Å². The number of benzene rings is 2. The molecule has 0 saturated heterocycles. The van der Waals surface area contributed by atoms with Gasteiger partial charge in [0, 0.05) is 20.7 Å². The Labute approximate surface area is 200 Å². The van der Waals surface area contributed by atoms with Gasteiger partial charge in [0.15, 0.2) is 0 Å². The van der Waals surface area contributed by atoms with Gasteiger partial charge >= 0.3 is 5.97 Å². The maximum atomic E-state index is 12.7. The molecule has 168 valence electrons. The van der Waals surface area contributed by atoms with E-state index in [-0.39, 0.29) is 17.1 Å². The second-order valence-corrected chi connectivity index (χ2v) is 9.71. The number of nitrogens with one attached hydrogen (secondary N) is 2. The number of thioether (sulfide) groups is 1. The Hall–Kier alpha value is -2.58. The number of carbonyl (C=O) groups is 3. The number of carboxylic acids is 1. The van der Waals surface area contributed by atoms with E-state index in [2.05, 4.69) is 26.6 Å². The van der Waals surface area contributed by atoms with Gasteiger partial charge in [0.1, 0.15) is 0 Å². The first-order chi connectivity index (χ1) is 15.4. The molecule has 0 radical (unpaired) electrons. The van der Waals surface area contributed by atoms with Gasteiger partial charge in [0.05, 0.1) is 17.1 Å². The van der Waals surface area contributed by atoms with Crippen molar-refractivity contribution < 1.29 is 19.5 Å². The molecule has 2 aromatic rings. The molecule has 0 aliphatic heterocycles. The summed E-state index contributed by atoms with van der Waals surface area (Å²) < 4.78 is 0.940. The average Bonchev–Trinajstić information content (AvgIpc) is 2.79. The Bertz CT molecular complexity index is 1010. The molecule has 1 aliphatic rings. The molecule has 3 rings (SSSR count). The van der Waals surface area contributed by atoms with Crippen LogP contribution in [-0.4, -0.2) is 28.1 Å². The van der Waals surface area contributed by atoms with Gasteiger partial charge in [-0.25, -0.2) is 0 Å². The van der Waals surface area contributed by atoms with Crippen LogP contribution in [0, 0.1) is 11.8 Å². The molecule has 32 heavy (non-hydrogen) atoms. The molecule has 0 aromatic heterocycles. The largest absolute Gasteiger partial charge is 0.481 e. The topological polar surface area (TPSA) is 95.5 Å². The first kappa shape index (κ1) is 24.1. The first-order valence-electron chi connectivity index (χ1n) is 10.4. The van der Waals surface area contributed by atoms with Crippen LogP contribution in [-0.2, 0) is 14.4 Å². The van der Waals surface area contributed by atoms with Crippen LogP contribution in [0.2, 0.25) is 0 Å². The minimum Gasteiger partial charge on any atom is -0.481 e. The number of rotatable bonds is 8. The normalized spacial score (nSPS) is 18.6. The lowest BCUT2D eigenvalue weighted by Gasteiger charge is -2.24. The van der Waals surface area contributed by atoms with Gasteiger partial charge in [0.2, 0.25) is 11.8 Å². The Morgan fingerprint density at radius 1 is 1.03 bits per heavy atom. The van der Waals surface area contributed by atoms with Gasteiger partial charge in [0.25, 0.3) is 0 Å².